The van der Waals surface area contributed by atoms with Crippen LogP contribution in [0.4, 0.5) is 9.59 Å². The van der Waals surface area contributed by atoms with Gasteiger partial charge in [-0.2, -0.15) is 0 Å². The van der Waals surface area contributed by atoms with Gasteiger partial charge in [0, 0.05) is 39.3 Å². The fourth-order valence-corrected chi connectivity index (χ4v) is 10.4. The molecule has 32 heteroatoms. The van der Waals surface area contributed by atoms with Gasteiger partial charge in [0.25, 0.3) is 0 Å². The molecule has 10 rings (SSSR count). The van der Waals surface area contributed by atoms with Gasteiger partial charge in [-0.15, -0.1) is 0 Å². The normalized spacial score (nSPS) is 18.4. The van der Waals surface area contributed by atoms with Crippen LogP contribution in [-0.4, -0.2) is 210 Å². The Morgan fingerprint density at radius 1 is 0.535 bits per heavy atom. The van der Waals surface area contributed by atoms with Gasteiger partial charge in [-0.05, 0) is 61.1 Å². The van der Waals surface area contributed by atoms with Crippen molar-refractivity contribution < 1.29 is 156 Å². The smallest absolute Gasteiger partial charge is 0.669 e. The number of rotatable bonds is 14. The Labute approximate surface area is 535 Å². The fraction of sp³-hybridized carbons (Fsp3) is 0.370. The van der Waals surface area contributed by atoms with Crippen LogP contribution in [0.5, 0.6) is 23.0 Å². The number of carboxylic acid groups (broad SMARTS) is 2. The summed E-state index contributed by atoms with van der Waals surface area (Å²) in [4.78, 5) is 134. The molecular formula is C54H60B2N8Na2O20. The number of likely N-dealkylation sites (N-methyl/N-ethyl adjacent to an activating group) is 2. The fourth-order valence-electron chi connectivity index (χ4n) is 10.4. The topological polar surface area (TPSA) is 373 Å². The Morgan fingerprint density at radius 2 is 0.884 bits per heavy atom. The first-order valence-electron chi connectivity index (χ1n) is 27.2. The number of fused-ring (bicyclic) bond motifs is 2. The number of nitrogens with one attached hydrogen (secondary N) is 2. The van der Waals surface area contributed by atoms with Crippen LogP contribution in [0.1, 0.15) is 68.9 Å². The van der Waals surface area contributed by atoms with Gasteiger partial charge in [-0.1, -0.05) is 85.4 Å². The number of benzene rings is 4. The third-order valence-corrected chi connectivity index (χ3v) is 15.1. The van der Waals surface area contributed by atoms with Gasteiger partial charge in [0.15, 0.2) is 0 Å². The Balaban J connectivity index is 0.000000240. The molecule has 4 aromatic carbocycles. The molecule has 0 bridgehead atoms. The first kappa shape index (κ1) is 66.3. The average molecular weight is 1210 g/mol. The summed E-state index contributed by atoms with van der Waals surface area (Å²) in [7, 11) is 0. The third-order valence-electron chi connectivity index (χ3n) is 15.1. The van der Waals surface area contributed by atoms with Crippen molar-refractivity contribution in [3.05, 3.63) is 118 Å². The first-order chi connectivity index (χ1) is 40.0. The van der Waals surface area contributed by atoms with Gasteiger partial charge in [-0.3, -0.25) is 38.6 Å². The van der Waals surface area contributed by atoms with Gasteiger partial charge in [-0.25, -0.2) is 19.2 Å². The molecule has 2 atom stereocenters. The second kappa shape index (κ2) is 27.6. The van der Waals surface area contributed by atoms with Crippen LogP contribution < -0.4 is 88.5 Å². The summed E-state index contributed by atoms with van der Waals surface area (Å²) >= 11 is 0. The molecule has 8 N–H and O–H groups in total. The third kappa shape index (κ3) is 14.4. The van der Waals surface area contributed by atoms with Crippen LogP contribution in [-0.2, 0) is 41.6 Å². The van der Waals surface area contributed by atoms with Crippen molar-refractivity contribution in [2.75, 3.05) is 65.4 Å². The van der Waals surface area contributed by atoms with Crippen LogP contribution >= 0.6 is 0 Å². The van der Waals surface area contributed by atoms with Gasteiger partial charge in [0.05, 0.1) is 37.7 Å². The molecule has 0 spiro atoms. The number of imide groups is 2. The van der Waals surface area contributed by atoms with E-state index >= 15 is 0 Å². The maximum absolute atomic E-state index is 13.5. The molecule has 4 saturated heterocycles. The first-order valence-corrected chi connectivity index (χ1v) is 27.2. The van der Waals surface area contributed by atoms with Crippen LogP contribution in [0.3, 0.4) is 0 Å². The number of ether oxygens (including phenoxy) is 2. The van der Waals surface area contributed by atoms with Crippen molar-refractivity contribution in [3.63, 3.8) is 0 Å². The molecule has 444 valence electrons. The maximum Gasteiger partial charge on any atom is 1.00 e. The molecule has 4 aromatic rings. The van der Waals surface area contributed by atoms with Crippen LogP contribution in [0, 0.1) is 0 Å². The zero-order chi connectivity index (χ0) is 60.4. The van der Waals surface area contributed by atoms with Crippen molar-refractivity contribution in [2.45, 2.75) is 63.6 Å². The summed E-state index contributed by atoms with van der Waals surface area (Å²) in [6.07, 6.45) is -0.888. The molecule has 6 heterocycles. The largest absolute Gasteiger partial charge is 1.00 e. The minimum absolute atomic E-state index is 0. The molecule has 10 amide bonds. The molecule has 0 radical (unpaired) electrons. The molecule has 0 saturated carbocycles. The molecule has 0 aliphatic carbocycles. The zero-order valence-electron chi connectivity index (χ0n) is 47.5. The van der Waals surface area contributed by atoms with Gasteiger partial charge in [0.2, 0.25) is 11.8 Å². The number of carboxylic acids is 2. The molecule has 6 aliphatic rings. The summed E-state index contributed by atoms with van der Waals surface area (Å²) < 4.78 is 22.1. The molecule has 28 nitrogen and oxygen atoms in total. The van der Waals surface area contributed by atoms with E-state index in [1.54, 1.807) is 86.6 Å². The van der Waals surface area contributed by atoms with Crippen molar-refractivity contribution >= 4 is 73.0 Å². The Morgan fingerprint density at radius 3 is 1.21 bits per heavy atom. The van der Waals surface area contributed by atoms with Crippen LogP contribution in [0.15, 0.2) is 84.9 Å². The number of hydrogen-bond donors (Lipinski definition) is 8. The molecule has 4 fully saturated rings. The predicted octanol–water partition coefficient (Wildman–Crippen LogP) is -6.04. The van der Waals surface area contributed by atoms with E-state index in [-0.39, 0.29) is 171 Å². The second-order valence-corrected chi connectivity index (χ2v) is 20.7. The average Bonchev–Trinajstić information content (AvgIpc) is 3.26. The minimum Gasteiger partial charge on any atom is -0.669 e. The number of piperazine rings is 2. The molecule has 6 aliphatic heterocycles. The van der Waals surface area contributed by atoms with Crippen LogP contribution in [0.25, 0.3) is 0 Å². The quantitative estimate of drug-likeness (QED) is 0.0430. The number of nitrogens with zero attached hydrogens (tertiary/aromatic N) is 6. The summed E-state index contributed by atoms with van der Waals surface area (Å²) in [6.45, 7) is -1.65. The summed E-state index contributed by atoms with van der Waals surface area (Å²) in [5.74, 6) is -7.66. The zero-order valence-corrected chi connectivity index (χ0v) is 51.5. The second-order valence-electron chi connectivity index (χ2n) is 20.7. The van der Waals surface area contributed by atoms with Crippen molar-refractivity contribution in [1.82, 2.24) is 40.0 Å². The number of aromatic carboxylic acids is 2. The number of amides is 10. The molecule has 0 unspecified atom stereocenters. The van der Waals surface area contributed by atoms with Crippen molar-refractivity contribution in [3.8, 4) is 23.0 Å². The SMILES string of the molecule is CCN1CCN(C(=O)N[C@@H](C(=O)N2CC(Oc3ccc4c(c3C(=O)O)O[B-](O)(O)CC4)C2)c2ccccc2)C(=O)C1=O.CCN1CCN(C(=O)N[C@@H](C(=O)N2CC(Oc3ccc4c(c3C(=O)O)O[B-](O)(O)CC4)C2)c2ccccc2)C(=O)C1=O.[Na+].[Na+]. The summed E-state index contributed by atoms with van der Waals surface area (Å²) in [5, 5.41) is 64.6. The summed E-state index contributed by atoms with van der Waals surface area (Å²) in [5.41, 5.74) is 1.24. The Bertz CT molecular complexity index is 3090. The van der Waals surface area contributed by atoms with E-state index in [0.29, 0.717) is 35.3 Å². The van der Waals surface area contributed by atoms with Gasteiger partial charge >= 0.3 is 120 Å². The predicted molar refractivity (Wildman–Crippen MR) is 291 cm³/mol. The van der Waals surface area contributed by atoms with E-state index in [0.717, 1.165) is 9.80 Å². The number of carbonyl (C=O) groups is 10. The Hall–Kier alpha value is -7.25. The van der Waals surface area contributed by atoms with E-state index in [1.807, 2.05) is 0 Å². The standard InChI is InChI=1S/2C27H30BN4O10.2Na/c2*1-2-30-12-13-32(25(35)24(30)34)27(38)29-21(16-6-4-3-5-7-16)23(33)31-14-18(15-31)41-19-9-8-17-10-11-28(39,40)42-22(17)20(19)26(36)37;;/h2*3-9,18,21,39-40H,2,10-15H2,1H3,(H,29,38)(H,36,37);;/q2*-1;2*+1/t2*21-;;/m11../s1. The molecule has 86 heavy (non-hydrogen) atoms. The number of carbonyl (C=O) groups excluding carboxylic acids is 8. The minimum atomic E-state index is -3.20. The monoisotopic (exact) mass is 1210 g/mol. The van der Waals surface area contributed by atoms with E-state index in [2.05, 4.69) is 10.6 Å². The number of urea groups is 2. The molecular weight excluding hydrogens is 1150 g/mol. The van der Waals surface area contributed by atoms with E-state index < -0.39 is 97.2 Å². The van der Waals surface area contributed by atoms with E-state index in [9.17, 15) is 78.3 Å². The van der Waals surface area contributed by atoms with E-state index in [4.69, 9.17) is 18.8 Å². The van der Waals surface area contributed by atoms with Gasteiger partial charge < -0.3 is 79.3 Å². The maximum atomic E-state index is 13.5. The van der Waals surface area contributed by atoms with Crippen molar-refractivity contribution in [2.24, 2.45) is 0 Å². The number of likely N-dealkylation sites (tertiary alicyclic amines) is 2. The number of hydrogen-bond acceptors (Lipinski definition) is 18. The van der Waals surface area contributed by atoms with Gasteiger partial charge in [0.1, 0.15) is 46.9 Å². The molecule has 0 aromatic heterocycles. The van der Waals surface area contributed by atoms with Crippen molar-refractivity contribution in [1.29, 1.82) is 0 Å². The Kier molecular flexibility index (Phi) is 21.3. The van der Waals surface area contributed by atoms with E-state index in [1.165, 1.54) is 31.7 Å². The van der Waals surface area contributed by atoms with Crippen LogP contribution in [0.2, 0.25) is 12.6 Å². The number of aryl methyl sites for hydroxylation is 2. The summed E-state index contributed by atoms with van der Waals surface area (Å²) in [6, 6.07) is 18.9.